The van der Waals surface area contributed by atoms with Crippen molar-refractivity contribution in [3.8, 4) is 17.2 Å². The molecular formula is C21H21N5. The quantitative estimate of drug-likeness (QED) is 0.731. The lowest BCUT2D eigenvalue weighted by molar-refractivity contribution is 0.462. The lowest BCUT2D eigenvalue weighted by Crippen LogP contribution is -2.23. The molecule has 1 aliphatic rings. The Kier molecular flexibility index (Phi) is 4.40. The molecule has 4 rings (SSSR count). The van der Waals surface area contributed by atoms with Crippen molar-refractivity contribution >= 4 is 22.7 Å². The molecule has 130 valence electrons. The maximum atomic E-state index is 9.14. The third-order valence-corrected chi connectivity index (χ3v) is 4.98. The molecule has 1 fully saturated rings. The van der Waals surface area contributed by atoms with Gasteiger partial charge in [0.05, 0.1) is 17.1 Å². The van der Waals surface area contributed by atoms with Gasteiger partial charge in [0.25, 0.3) is 0 Å². The van der Waals surface area contributed by atoms with Gasteiger partial charge in [0.15, 0.2) is 0 Å². The van der Waals surface area contributed by atoms with E-state index in [4.69, 9.17) is 11.0 Å². The van der Waals surface area contributed by atoms with E-state index >= 15 is 0 Å². The number of hydrogen-bond donors (Lipinski definition) is 2. The average Bonchev–Trinajstić information content (AvgIpc) is 2.68. The van der Waals surface area contributed by atoms with Gasteiger partial charge >= 0.3 is 0 Å². The number of nitrogens with zero attached hydrogens (tertiary/aromatic N) is 3. The van der Waals surface area contributed by atoms with Crippen LogP contribution in [0.4, 0.5) is 11.8 Å². The Morgan fingerprint density at radius 2 is 1.81 bits per heavy atom. The first kappa shape index (κ1) is 16.3. The Balaban J connectivity index is 1.77. The number of benzene rings is 2. The zero-order valence-electron chi connectivity index (χ0n) is 14.6. The smallest absolute Gasteiger partial charge is 0.222 e. The third-order valence-electron chi connectivity index (χ3n) is 4.98. The molecule has 0 radical (unpaired) electrons. The maximum absolute atomic E-state index is 9.14. The number of nitriles is 1. The summed E-state index contributed by atoms with van der Waals surface area (Å²) in [5, 5.41) is 13.7. The first-order valence-corrected chi connectivity index (χ1v) is 9.07. The predicted molar refractivity (Wildman–Crippen MR) is 105 cm³/mol. The van der Waals surface area contributed by atoms with E-state index in [0.717, 1.165) is 40.7 Å². The topological polar surface area (TPSA) is 87.6 Å². The molecule has 0 spiro atoms. The van der Waals surface area contributed by atoms with Crippen molar-refractivity contribution in [2.75, 3.05) is 11.1 Å². The molecule has 0 unspecified atom stereocenters. The summed E-state index contributed by atoms with van der Waals surface area (Å²) in [7, 11) is 0. The van der Waals surface area contributed by atoms with Crippen molar-refractivity contribution in [3.05, 3.63) is 48.0 Å². The van der Waals surface area contributed by atoms with Crippen LogP contribution in [0, 0.1) is 11.3 Å². The molecule has 5 heteroatoms. The number of nitrogens with two attached hydrogens (primary N) is 1. The fourth-order valence-corrected chi connectivity index (χ4v) is 3.64. The van der Waals surface area contributed by atoms with Crippen LogP contribution >= 0.6 is 0 Å². The minimum atomic E-state index is 0.287. The van der Waals surface area contributed by atoms with Gasteiger partial charge in [-0.25, -0.2) is 4.98 Å². The van der Waals surface area contributed by atoms with Crippen LogP contribution in [-0.2, 0) is 0 Å². The number of hydrogen-bond acceptors (Lipinski definition) is 5. The number of nitrogens with one attached hydrogen (secondary N) is 1. The average molecular weight is 343 g/mol. The van der Waals surface area contributed by atoms with Crippen LogP contribution in [-0.4, -0.2) is 16.0 Å². The molecule has 0 aliphatic heterocycles. The van der Waals surface area contributed by atoms with Crippen molar-refractivity contribution < 1.29 is 0 Å². The Morgan fingerprint density at radius 3 is 2.62 bits per heavy atom. The first-order chi connectivity index (χ1) is 12.7. The number of fused-ring (bicyclic) bond motifs is 1. The summed E-state index contributed by atoms with van der Waals surface area (Å²) in [6.45, 7) is 0. The lowest BCUT2D eigenvalue weighted by Gasteiger charge is -2.24. The highest BCUT2D eigenvalue weighted by molar-refractivity contribution is 5.93. The van der Waals surface area contributed by atoms with Crippen molar-refractivity contribution in [1.82, 2.24) is 9.97 Å². The fourth-order valence-electron chi connectivity index (χ4n) is 3.64. The van der Waals surface area contributed by atoms with Gasteiger partial charge < -0.3 is 11.1 Å². The zero-order valence-corrected chi connectivity index (χ0v) is 14.6. The minimum absolute atomic E-state index is 0.287. The van der Waals surface area contributed by atoms with E-state index in [1.54, 1.807) is 0 Å². The monoisotopic (exact) mass is 343 g/mol. The van der Waals surface area contributed by atoms with Gasteiger partial charge in [0, 0.05) is 11.4 Å². The van der Waals surface area contributed by atoms with Crippen LogP contribution in [0.15, 0.2) is 42.5 Å². The van der Waals surface area contributed by atoms with E-state index in [0.29, 0.717) is 11.6 Å². The molecule has 0 bridgehead atoms. The van der Waals surface area contributed by atoms with Crippen molar-refractivity contribution in [3.63, 3.8) is 0 Å². The maximum Gasteiger partial charge on any atom is 0.222 e. The van der Waals surface area contributed by atoms with Gasteiger partial charge in [-0.2, -0.15) is 10.2 Å². The van der Waals surface area contributed by atoms with Gasteiger partial charge in [-0.15, -0.1) is 0 Å². The third kappa shape index (κ3) is 3.31. The summed E-state index contributed by atoms with van der Waals surface area (Å²) < 4.78 is 0. The second kappa shape index (κ2) is 7.01. The molecule has 0 saturated heterocycles. The van der Waals surface area contributed by atoms with Gasteiger partial charge in [0.1, 0.15) is 5.82 Å². The largest absolute Gasteiger partial charge is 0.368 e. The first-order valence-electron chi connectivity index (χ1n) is 9.07. The molecule has 3 N–H and O–H groups in total. The molecule has 5 nitrogen and oxygen atoms in total. The Morgan fingerprint density at radius 1 is 1.00 bits per heavy atom. The Labute approximate surface area is 152 Å². The highest BCUT2D eigenvalue weighted by Crippen LogP contribution is 2.30. The zero-order chi connectivity index (χ0) is 17.9. The molecule has 1 aromatic heterocycles. The number of nitrogen functional groups attached to an aromatic ring is 1. The summed E-state index contributed by atoms with van der Waals surface area (Å²) in [6.07, 6.45) is 6.14. The molecule has 26 heavy (non-hydrogen) atoms. The van der Waals surface area contributed by atoms with E-state index in [1.165, 1.54) is 19.3 Å². The van der Waals surface area contributed by atoms with Crippen molar-refractivity contribution in [2.45, 2.75) is 38.1 Å². The lowest BCUT2D eigenvalue weighted by atomic mass is 9.95. The van der Waals surface area contributed by atoms with E-state index in [-0.39, 0.29) is 5.95 Å². The Bertz CT molecular complexity index is 983. The molecule has 2 aromatic carbocycles. The number of anilines is 2. The molecule has 0 amide bonds. The van der Waals surface area contributed by atoms with E-state index in [2.05, 4.69) is 27.4 Å². The van der Waals surface area contributed by atoms with Gasteiger partial charge in [-0.1, -0.05) is 37.5 Å². The van der Waals surface area contributed by atoms with E-state index in [1.807, 2.05) is 36.4 Å². The molecule has 3 aromatic rings. The van der Waals surface area contributed by atoms with Gasteiger partial charge in [0.2, 0.25) is 5.95 Å². The summed E-state index contributed by atoms with van der Waals surface area (Å²) in [5.74, 6) is 1.09. The van der Waals surface area contributed by atoms with Gasteiger partial charge in [-0.3, -0.25) is 0 Å². The van der Waals surface area contributed by atoms with Crippen LogP contribution < -0.4 is 11.1 Å². The standard InChI is InChI=1S/C21H21N5/c22-13-14-5-4-6-15(11-14)16-9-10-19-18(12-16)20(26-21(23)25-19)24-17-7-2-1-3-8-17/h4-6,9-12,17H,1-3,7-8H2,(H3,23,24,25,26). The van der Waals surface area contributed by atoms with Crippen molar-refractivity contribution in [1.29, 1.82) is 5.26 Å². The highest BCUT2D eigenvalue weighted by atomic mass is 15.1. The molecule has 1 saturated carbocycles. The van der Waals surface area contributed by atoms with E-state index in [9.17, 15) is 0 Å². The van der Waals surface area contributed by atoms with E-state index < -0.39 is 0 Å². The van der Waals surface area contributed by atoms with Crippen LogP contribution in [0.2, 0.25) is 0 Å². The van der Waals surface area contributed by atoms with Crippen LogP contribution in [0.5, 0.6) is 0 Å². The summed E-state index contributed by atoms with van der Waals surface area (Å²) in [6, 6.07) is 16.3. The molecule has 0 atom stereocenters. The number of aromatic nitrogens is 2. The van der Waals surface area contributed by atoms with Crippen LogP contribution in [0.25, 0.3) is 22.0 Å². The summed E-state index contributed by atoms with van der Waals surface area (Å²) in [4.78, 5) is 8.84. The predicted octanol–water partition coefficient (Wildman–Crippen LogP) is 4.50. The minimum Gasteiger partial charge on any atom is -0.368 e. The number of rotatable bonds is 3. The van der Waals surface area contributed by atoms with Crippen LogP contribution in [0.3, 0.4) is 0 Å². The summed E-state index contributed by atoms with van der Waals surface area (Å²) >= 11 is 0. The van der Waals surface area contributed by atoms with Crippen molar-refractivity contribution in [2.24, 2.45) is 0 Å². The van der Waals surface area contributed by atoms with Crippen LogP contribution in [0.1, 0.15) is 37.7 Å². The normalized spacial score (nSPS) is 14.9. The Hall–Kier alpha value is -3.13. The summed E-state index contributed by atoms with van der Waals surface area (Å²) in [5.41, 5.74) is 9.44. The fraction of sp³-hybridized carbons (Fsp3) is 0.286. The second-order valence-corrected chi connectivity index (χ2v) is 6.83. The molecule has 1 heterocycles. The second-order valence-electron chi connectivity index (χ2n) is 6.83. The highest BCUT2D eigenvalue weighted by Gasteiger charge is 2.16. The SMILES string of the molecule is N#Cc1cccc(-c2ccc3nc(N)nc(NC4CCCCC4)c3c2)c1. The van der Waals surface area contributed by atoms with Gasteiger partial charge in [-0.05, 0) is 48.2 Å². The molecular weight excluding hydrogens is 322 g/mol. The molecule has 1 aliphatic carbocycles.